The van der Waals surface area contributed by atoms with E-state index in [1.54, 1.807) is 0 Å². The van der Waals surface area contributed by atoms with Gasteiger partial charge < -0.3 is 9.47 Å². The molecular formula is C56H38N2. The van der Waals surface area contributed by atoms with Crippen LogP contribution >= 0.6 is 0 Å². The molecular weight excluding hydrogens is 701 g/mol. The van der Waals surface area contributed by atoms with Crippen LogP contribution in [0.1, 0.15) is 0 Å². The van der Waals surface area contributed by atoms with Crippen LogP contribution in [0, 0.1) is 0 Å². The average Bonchev–Trinajstić information content (AvgIpc) is 3.65. The number of aromatic nitrogens is 1. The molecule has 0 saturated heterocycles. The van der Waals surface area contributed by atoms with Crippen LogP contribution in [0.3, 0.4) is 0 Å². The van der Waals surface area contributed by atoms with Crippen LogP contribution in [0.5, 0.6) is 0 Å². The van der Waals surface area contributed by atoms with Gasteiger partial charge in [-0.05, 0) is 116 Å². The molecule has 0 aliphatic heterocycles. The summed E-state index contributed by atoms with van der Waals surface area (Å²) in [5.41, 5.74) is 14.1. The predicted molar refractivity (Wildman–Crippen MR) is 247 cm³/mol. The Morgan fingerprint density at radius 1 is 0.293 bits per heavy atom. The molecule has 0 saturated carbocycles. The van der Waals surface area contributed by atoms with Crippen LogP contribution in [-0.4, -0.2) is 4.57 Å². The van der Waals surface area contributed by atoms with Crippen molar-refractivity contribution in [3.63, 3.8) is 0 Å². The molecule has 272 valence electrons. The van der Waals surface area contributed by atoms with Crippen LogP contribution in [0.2, 0.25) is 0 Å². The van der Waals surface area contributed by atoms with Gasteiger partial charge in [0, 0.05) is 33.5 Å². The highest BCUT2D eigenvalue weighted by Crippen LogP contribution is 2.40. The Labute approximate surface area is 338 Å². The lowest BCUT2D eigenvalue weighted by atomic mass is 9.97. The lowest BCUT2D eigenvalue weighted by Gasteiger charge is -2.26. The van der Waals surface area contributed by atoms with E-state index in [4.69, 9.17) is 0 Å². The molecule has 0 amide bonds. The van der Waals surface area contributed by atoms with Gasteiger partial charge in [-0.2, -0.15) is 0 Å². The van der Waals surface area contributed by atoms with Gasteiger partial charge in [0.2, 0.25) is 0 Å². The largest absolute Gasteiger partial charge is 0.310 e. The lowest BCUT2D eigenvalue weighted by Crippen LogP contribution is -2.10. The van der Waals surface area contributed by atoms with Gasteiger partial charge in [0.15, 0.2) is 0 Å². The van der Waals surface area contributed by atoms with Gasteiger partial charge in [-0.25, -0.2) is 0 Å². The number of rotatable bonds is 7. The van der Waals surface area contributed by atoms with Crippen molar-refractivity contribution in [2.75, 3.05) is 4.90 Å². The zero-order valence-electron chi connectivity index (χ0n) is 31.8. The van der Waals surface area contributed by atoms with Gasteiger partial charge in [0.25, 0.3) is 0 Å². The third-order valence-corrected chi connectivity index (χ3v) is 11.6. The fourth-order valence-electron chi connectivity index (χ4n) is 8.79. The van der Waals surface area contributed by atoms with Gasteiger partial charge in [0.1, 0.15) is 0 Å². The van der Waals surface area contributed by atoms with Gasteiger partial charge in [0.05, 0.1) is 11.0 Å². The van der Waals surface area contributed by atoms with Crippen LogP contribution in [0.25, 0.3) is 82.4 Å². The smallest absolute Gasteiger partial charge is 0.0547 e. The number of para-hydroxylation sites is 1. The second-order valence-electron chi connectivity index (χ2n) is 15.0. The van der Waals surface area contributed by atoms with E-state index in [0.29, 0.717) is 0 Å². The van der Waals surface area contributed by atoms with Crippen molar-refractivity contribution < 1.29 is 0 Å². The van der Waals surface area contributed by atoms with E-state index < -0.39 is 0 Å². The minimum absolute atomic E-state index is 1.10. The third kappa shape index (κ3) is 5.82. The Balaban J connectivity index is 0.969. The molecule has 11 rings (SSSR count). The number of fused-ring (bicyclic) bond motifs is 6. The molecule has 1 aromatic heterocycles. The Morgan fingerprint density at radius 3 is 1.52 bits per heavy atom. The van der Waals surface area contributed by atoms with E-state index in [0.717, 1.165) is 22.7 Å². The highest BCUT2D eigenvalue weighted by Gasteiger charge is 2.17. The number of hydrogen-bond donors (Lipinski definition) is 0. The van der Waals surface area contributed by atoms with Gasteiger partial charge >= 0.3 is 0 Å². The van der Waals surface area contributed by atoms with E-state index in [-0.39, 0.29) is 0 Å². The molecule has 2 nitrogen and oxygen atoms in total. The second-order valence-corrected chi connectivity index (χ2v) is 15.0. The van der Waals surface area contributed by atoms with Crippen LogP contribution in [0.4, 0.5) is 17.1 Å². The van der Waals surface area contributed by atoms with E-state index in [2.05, 4.69) is 240 Å². The van der Waals surface area contributed by atoms with E-state index in [1.807, 2.05) is 0 Å². The molecule has 58 heavy (non-hydrogen) atoms. The molecule has 0 spiro atoms. The molecule has 0 fully saturated rings. The third-order valence-electron chi connectivity index (χ3n) is 11.6. The fourth-order valence-corrected chi connectivity index (χ4v) is 8.79. The molecule has 0 bridgehead atoms. The molecule has 0 radical (unpaired) electrons. The highest BCUT2D eigenvalue weighted by molar-refractivity contribution is 6.21. The Bertz CT molecular complexity index is 3240. The van der Waals surface area contributed by atoms with Crippen LogP contribution in [0.15, 0.2) is 231 Å². The zero-order chi connectivity index (χ0) is 38.4. The summed E-state index contributed by atoms with van der Waals surface area (Å²) < 4.78 is 2.40. The van der Waals surface area contributed by atoms with Crippen molar-refractivity contribution in [1.29, 1.82) is 0 Å². The topological polar surface area (TPSA) is 8.17 Å². The van der Waals surface area contributed by atoms with Gasteiger partial charge in [-0.15, -0.1) is 0 Å². The van der Waals surface area contributed by atoms with Crippen molar-refractivity contribution in [3.05, 3.63) is 231 Å². The summed E-state index contributed by atoms with van der Waals surface area (Å²) in [6.45, 7) is 0. The second kappa shape index (κ2) is 14.1. The Kier molecular flexibility index (Phi) is 8.19. The molecule has 0 aliphatic carbocycles. The standard InChI is InChI=1S/C56H38N2/c1-2-12-39(13-3-1)40-24-31-46(32-25-40)57(49-18-10-17-45(38-49)51-22-11-16-43-14-4-6-19-50(43)51)47-33-26-41(27-34-47)42-28-35-48(36-29-42)58-54-23-9-8-21-53(54)56-52-20-7-5-15-44(52)30-37-55(56)58/h1-38H. The minimum Gasteiger partial charge on any atom is -0.310 e. The number of benzene rings is 10. The van der Waals surface area contributed by atoms with Crippen molar-refractivity contribution in [2.24, 2.45) is 0 Å². The summed E-state index contributed by atoms with van der Waals surface area (Å²) in [4.78, 5) is 2.36. The fraction of sp³-hybridized carbons (Fsp3) is 0. The van der Waals surface area contributed by atoms with Gasteiger partial charge in [-0.1, -0.05) is 170 Å². The molecule has 0 N–H and O–H groups in total. The summed E-state index contributed by atoms with van der Waals surface area (Å²) >= 11 is 0. The summed E-state index contributed by atoms with van der Waals surface area (Å²) in [6, 6.07) is 83.6. The first-order valence-corrected chi connectivity index (χ1v) is 19.9. The summed E-state index contributed by atoms with van der Waals surface area (Å²) in [6.07, 6.45) is 0. The number of hydrogen-bond acceptors (Lipinski definition) is 1. The minimum atomic E-state index is 1.10. The first kappa shape index (κ1) is 33.6. The molecule has 10 aromatic carbocycles. The van der Waals surface area contributed by atoms with Crippen molar-refractivity contribution in [1.82, 2.24) is 4.57 Å². The van der Waals surface area contributed by atoms with E-state index in [9.17, 15) is 0 Å². The maximum Gasteiger partial charge on any atom is 0.0547 e. The maximum atomic E-state index is 2.40. The average molecular weight is 739 g/mol. The predicted octanol–water partition coefficient (Wildman–Crippen LogP) is 15.6. The molecule has 2 heteroatoms. The Hall–Kier alpha value is -7.68. The molecule has 0 atom stereocenters. The van der Waals surface area contributed by atoms with Crippen molar-refractivity contribution >= 4 is 60.4 Å². The van der Waals surface area contributed by atoms with Crippen molar-refractivity contribution in [3.8, 4) is 39.1 Å². The van der Waals surface area contributed by atoms with E-state index >= 15 is 0 Å². The summed E-state index contributed by atoms with van der Waals surface area (Å²) in [5.74, 6) is 0. The number of anilines is 3. The van der Waals surface area contributed by atoms with Crippen molar-refractivity contribution in [2.45, 2.75) is 0 Å². The lowest BCUT2D eigenvalue weighted by molar-refractivity contribution is 1.18. The van der Waals surface area contributed by atoms with Crippen LogP contribution < -0.4 is 4.90 Å². The maximum absolute atomic E-state index is 2.40. The highest BCUT2D eigenvalue weighted by atomic mass is 15.1. The first-order valence-electron chi connectivity index (χ1n) is 19.9. The molecule has 1 heterocycles. The number of nitrogens with zero attached hydrogens (tertiary/aromatic N) is 2. The monoisotopic (exact) mass is 738 g/mol. The molecule has 11 aromatic rings. The van der Waals surface area contributed by atoms with E-state index in [1.165, 1.54) is 76.7 Å². The first-order chi connectivity index (χ1) is 28.8. The SMILES string of the molecule is c1ccc(-c2ccc(N(c3ccc(-c4ccc(-n5c6ccccc6c6c7ccccc7ccc65)cc4)cc3)c3cccc(-c4cccc5ccccc45)c3)cc2)cc1. The molecule has 0 aliphatic rings. The summed E-state index contributed by atoms with van der Waals surface area (Å²) in [5, 5.41) is 7.62. The van der Waals surface area contributed by atoms with Crippen LogP contribution in [-0.2, 0) is 0 Å². The molecule has 0 unspecified atom stereocenters. The van der Waals surface area contributed by atoms with Gasteiger partial charge in [-0.3, -0.25) is 0 Å². The zero-order valence-corrected chi connectivity index (χ0v) is 31.8. The quantitative estimate of drug-likeness (QED) is 0.158. The normalized spacial score (nSPS) is 11.4. The summed E-state index contributed by atoms with van der Waals surface area (Å²) in [7, 11) is 0. The Morgan fingerprint density at radius 2 is 0.810 bits per heavy atom.